The molecule has 0 saturated heterocycles. The van der Waals surface area contributed by atoms with Gasteiger partial charge in [0.1, 0.15) is 17.6 Å². The lowest BCUT2D eigenvalue weighted by molar-refractivity contribution is 0.619. The summed E-state index contributed by atoms with van der Waals surface area (Å²) in [6, 6.07) is 8.68. The molecule has 1 aromatic carbocycles. The molecule has 0 unspecified atom stereocenters. The lowest BCUT2D eigenvalue weighted by Crippen LogP contribution is -1.99. The second-order valence-electron chi connectivity index (χ2n) is 5.59. The molecule has 0 fully saturated rings. The first kappa shape index (κ1) is 15.7. The SMILES string of the molecule is Cc1cc(Nc2nccc(-c3c(C)[nH]c(C#N)c3C)n2)ccc1F. The molecule has 120 valence electrons. The molecule has 2 N–H and O–H groups in total. The summed E-state index contributed by atoms with van der Waals surface area (Å²) >= 11 is 0. The van der Waals surface area contributed by atoms with E-state index in [1.165, 1.54) is 6.07 Å². The maximum atomic E-state index is 13.4. The highest BCUT2D eigenvalue weighted by Crippen LogP contribution is 2.28. The molecule has 3 aromatic rings. The zero-order valence-corrected chi connectivity index (χ0v) is 13.6. The Bertz CT molecular complexity index is 953. The fourth-order valence-corrected chi connectivity index (χ4v) is 2.66. The Morgan fingerprint density at radius 2 is 2.00 bits per heavy atom. The van der Waals surface area contributed by atoms with Crippen molar-refractivity contribution in [1.82, 2.24) is 15.0 Å². The number of nitrogens with zero attached hydrogens (tertiary/aromatic N) is 3. The van der Waals surface area contributed by atoms with Crippen LogP contribution in [0, 0.1) is 37.9 Å². The Labute approximate surface area is 139 Å². The van der Waals surface area contributed by atoms with Gasteiger partial charge in [0.15, 0.2) is 0 Å². The maximum absolute atomic E-state index is 13.4. The van der Waals surface area contributed by atoms with E-state index in [0.717, 1.165) is 22.5 Å². The highest BCUT2D eigenvalue weighted by atomic mass is 19.1. The quantitative estimate of drug-likeness (QED) is 0.759. The number of hydrogen-bond donors (Lipinski definition) is 2. The third-order valence-corrected chi connectivity index (χ3v) is 3.88. The molecule has 0 atom stereocenters. The molecule has 0 amide bonds. The summed E-state index contributed by atoms with van der Waals surface area (Å²) in [5.74, 6) is 0.162. The van der Waals surface area contributed by atoms with E-state index in [1.807, 2.05) is 13.8 Å². The average molecular weight is 321 g/mol. The Morgan fingerprint density at radius 3 is 2.67 bits per heavy atom. The van der Waals surface area contributed by atoms with Crippen molar-refractivity contribution in [3.8, 4) is 17.3 Å². The van der Waals surface area contributed by atoms with Crippen molar-refractivity contribution >= 4 is 11.6 Å². The zero-order chi connectivity index (χ0) is 17.3. The lowest BCUT2D eigenvalue weighted by atomic mass is 10.1. The van der Waals surface area contributed by atoms with Gasteiger partial charge in [0, 0.05) is 23.1 Å². The van der Waals surface area contributed by atoms with Crippen molar-refractivity contribution in [3.05, 3.63) is 58.8 Å². The van der Waals surface area contributed by atoms with Crippen LogP contribution in [0.25, 0.3) is 11.3 Å². The summed E-state index contributed by atoms with van der Waals surface area (Å²) in [7, 11) is 0. The van der Waals surface area contributed by atoms with Gasteiger partial charge in [-0.2, -0.15) is 5.26 Å². The molecule has 0 aliphatic rings. The van der Waals surface area contributed by atoms with E-state index >= 15 is 0 Å². The largest absolute Gasteiger partial charge is 0.350 e. The summed E-state index contributed by atoms with van der Waals surface area (Å²) in [4.78, 5) is 11.8. The molecule has 6 heteroatoms. The first-order chi connectivity index (χ1) is 11.5. The molecule has 0 radical (unpaired) electrons. The topological polar surface area (TPSA) is 77.4 Å². The Morgan fingerprint density at radius 1 is 1.21 bits per heavy atom. The normalized spacial score (nSPS) is 10.5. The van der Waals surface area contributed by atoms with Crippen LogP contribution < -0.4 is 5.32 Å². The molecule has 0 saturated carbocycles. The Hall–Kier alpha value is -3.20. The van der Waals surface area contributed by atoms with Gasteiger partial charge in [-0.05, 0) is 56.2 Å². The number of rotatable bonds is 3. The van der Waals surface area contributed by atoms with E-state index in [1.54, 1.807) is 31.3 Å². The second kappa shape index (κ2) is 6.13. The standard InChI is InChI=1S/C18H16FN5/c1-10-8-13(4-5-14(10)19)23-18-21-7-6-15(24-18)17-11(2)16(9-20)22-12(17)3/h4-8,22H,1-3H3,(H,21,23,24). The van der Waals surface area contributed by atoms with Crippen LogP contribution in [-0.2, 0) is 0 Å². The van der Waals surface area contributed by atoms with Crippen molar-refractivity contribution in [2.75, 3.05) is 5.32 Å². The van der Waals surface area contributed by atoms with Gasteiger partial charge in [0.05, 0.1) is 5.69 Å². The van der Waals surface area contributed by atoms with Crippen molar-refractivity contribution in [2.45, 2.75) is 20.8 Å². The molecule has 5 nitrogen and oxygen atoms in total. The second-order valence-corrected chi connectivity index (χ2v) is 5.59. The predicted octanol–water partition coefficient (Wildman–Crippen LogP) is 4.15. The van der Waals surface area contributed by atoms with E-state index < -0.39 is 0 Å². The molecule has 0 bridgehead atoms. The minimum atomic E-state index is -0.252. The van der Waals surface area contributed by atoms with Gasteiger partial charge in [-0.1, -0.05) is 0 Å². The minimum Gasteiger partial charge on any atom is -0.350 e. The maximum Gasteiger partial charge on any atom is 0.227 e. The third kappa shape index (κ3) is 2.84. The number of H-pyrrole nitrogens is 1. The van der Waals surface area contributed by atoms with Gasteiger partial charge < -0.3 is 10.3 Å². The van der Waals surface area contributed by atoms with Crippen LogP contribution in [0.4, 0.5) is 16.0 Å². The summed E-state index contributed by atoms with van der Waals surface area (Å²) in [6.45, 7) is 5.49. The number of aromatic amines is 1. The summed E-state index contributed by atoms with van der Waals surface area (Å²) in [5, 5.41) is 12.2. The molecule has 24 heavy (non-hydrogen) atoms. The molecule has 2 heterocycles. The highest BCUT2D eigenvalue weighted by Gasteiger charge is 2.14. The Kier molecular flexibility index (Phi) is 4.00. The first-order valence-electron chi connectivity index (χ1n) is 7.45. The fraction of sp³-hybridized carbons (Fsp3) is 0.167. The number of aromatic nitrogens is 3. The van der Waals surface area contributed by atoms with Gasteiger partial charge in [-0.25, -0.2) is 14.4 Å². The molecule has 0 spiro atoms. The predicted molar refractivity (Wildman–Crippen MR) is 90.4 cm³/mol. The first-order valence-corrected chi connectivity index (χ1v) is 7.45. The van der Waals surface area contributed by atoms with Crippen LogP contribution in [0.3, 0.4) is 0 Å². The minimum absolute atomic E-state index is 0.252. The van der Waals surface area contributed by atoms with Gasteiger partial charge in [-0.15, -0.1) is 0 Å². The van der Waals surface area contributed by atoms with E-state index in [-0.39, 0.29) is 5.82 Å². The molecular formula is C18H16FN5. The van der Waals surface area contributed by atoms with E-state index in [9.17, 15) is 4.39 Å². The van der Waals surface area contributed by atoms with Crippen molar-refractivity contribution in [3.63, 3.8) is 0 Å². The number of anilines is 2. The van der Waals surface area contributed by atoms with Crippen LogP contribution in [0.2, 0.25) is 0 Å². The van der Waals surface area contributed by atoms with Crippen LogP contribution in [0.5, 0.6) is 0 Å². The van der Waals surface area contributed by atoms with E-state index in [0.29, 0.717) is 22.9 Å². The number of nitriles is 1. The van der Waals surface area contributed by atoms with Crippen molar-refractivity contribution in [1.29, 1.82) is 5.26 Å². The molecule has 3 rings (SSSR count). The van der Waals surface area contributed by atoms with Gasteiger partial charge in [0.25, 0.3) is 0 Å². The highest BCUT2D eigenvalue weighted by molar-refractivity contribution is 5.70. The average Bonchev–Trinajstić information content (AvgIpc) is 2.85. The van der Waals surface area contributed by atoms with Crippen LogP contribution in [-0.4, -0.2) is 15.0 Å². The zero-order valence-electron chi connectivity index (χ0n) is 13.6. The molecular weight excluding hydrogens is 305 g/mol. The third-order valence-electron chi connectivity index (χ3n) is 3.88. The molecule has 2 aromatic heterocycles. The van der Waals surface area contributed by atoms with Gasteiger partial charge >= 0.3 is 0 Å². The smallest absolute Gasteiger partial charge is 0.227 e. The number of aryl methyl sites for hydroxylation is 2. The molecule has 0 aliphatic carbocycles. The van der Waals surface area contributed by atoms with Crippen LogP contribution in [0.1, 0.15) is 22.5 Å². The fourth-order valence-electron chi connectivity index (χ4n) is 2.66. The summed E-state index contributed by atoms with van der Waals surface area (Å²) in [6.07, 6.45) is 1.65. The van der Waals surface area contributed by atoms with Gasteiger partial charge in [-0.3, -0.25) is 0 Å². The van der Waals surface area contributed by atoms with Crippen LogP contribution in [0.15, 0.2) is 30.5 Å². The monoisotopic (exact) mass is 321 g/mol. The number of hydrogen-bond acceptors (Lipinski definition) is 4. The molecule has 0 aliphatic heterocycles. The van der Waals surface area contributed by atoms with Crippen molar-refractivity contribution in [2.24, 2.45) is 0 Å². The van der Waals surface area contributed by atoms with Crippen molar-refractivity contribution < 1.29 is 4.39 Å². The van der Waals surface area contributed by atoms with E-state index in [2.05, 4.69) is 26.3 Å². The number of halogens is 1. The van der Waals surface area contributed by atoms with E-state index in [4.69, 9.17) is 5.26 Å². The van der Waals surface area contributed by atoms with Gasteiger partial charge in [0.2, 0.25) is 5.95 Å². The summed E-state index contributed by atoms with van der Waals surface area (Å²) in [5.41, 5.74) is 5.15. The Balaban J connectivity index is 1.97. The lowest BCUT2D eigenvalue weighted by Gasteiger charge is -2.08. The van der Waals surface area contributed by atoms with Crippen LogP contribution >= 0.6 is 0 Å². The number of benzene rings is 1. The summed E-state index contributed by atoms with van der Waals surface area (Å²) < 4.78 is 13.4. The number of nitrogens with one attached hydrogen (secondary N) is 2.